The van der Waals surface area contributed by atoms with Gasteiger partial charge in [-0.15, -0.1) is 0 Å². The smallest absolute Gasteiger partial charge is 0.410 e. The molecule has 7 heteroatoms. The Labute approximate surface area is 129 Å². The van der Waals surface area contributed by atoms with Gasteiger partial charge in [0.1, 0.15) is 5.75 Å². The van der Waals surface area contributed by atoms with E-state index < -0.39 is 11.0 Å². The summed E-state index contributed by atoms with van der Waals surface area (Å²) in [5.41, 5.74) is 0.337. The van der Waals surface area contributed by atoms with Gasteiger partial charge in [-0.25, -0.2) is 4.79 Å². The second-order valence-electron chi connectivity index (χ2n) is 4.80. The van der Waals surface area contributed by atoms with Crippen LogP contribution in [0.1, 0.15) is 19.4 Å². The quantitative estimate of drug-likeness (QED) is 0.596. The highest BCUT2D eigenvalue weighted by Gasteiger charge is 2.16. The minimum Gasteiger partial charge on any atom is -0.410 e. The molecule has 0 saturated carbocycles. The Bertz CT molecular complexity index is 566. The predicted octanol–water partition coefficient (Wildman–Crippen LogP) is 2.97. The number of rotatable bonds is 6. The topological polar surface area (TPSA) is 75.9 Å². The predicted molar refractivity (Wildman–Crippen MR) is 84.8 cm³/mol. The summed E-state index contributed by atoms with van der Waals surface area (Å²) in [4.78, 5) is 25.8. The van der Waals surface area contributed by atoms with Crippen LogP contribution in [0.3, 0.4) is 0 Å². The molecule has 0 spiro atoms. The van der Waals surface area contributed by atoms with Crippen LogP contribution in [-0.2, 0) is 0 Å². The van der Waals surface area contributed by atoms with Crippen molar-refractivity contribution in [2.24, 2.45) is 0 Å². The number of ether oxygens (including phenoxy) is 1. The van der Waals surface area contributed by atoms with Crippen molar-refractivity contribution in [2.75, 3.05) is 27.2 Å². The van der Waals surface area contributed by atoms with Gasteiger partial charge in [0, 0.05) is 33.3 Å². The van der Waals surface area contributed by atoms with Gasteiger partial charge in [0.05, 0.1) is 10.5 Å². The molecule has 1 rings (SSSR count). The maximum absolute atomic E-state index is 11.9. The van der Waals surface area contributed by atoms with Crippen molar-refractivity contribution in [1.82, 2.24) is 9.80 Å². The van der Waals surface area contributed by atoms with Crippen molar-refractivity contribution >= 4 is 17.9 Å². The second-order valence-corrected chi connectivity index (χ2v) is 4.80. The third-order valence-electron chi connectivity index (χ3n) is 2.97. The first-order valence-electron chi connectivity index (χ1n) is 6.98. The van der Waals surface area contributed by atoms with E-state index in [4.69, 9.17) is 4.74 Å². The molecule has 0 fully saturated rings. The van der Waals surface area contributed by atoms with Gasteiger partial charge >= 0.3 is 6.09 Å². The molecule has 1 amide bonds. The molecule has 0 atom stereocenters. The number of hydrogen-bond donors (Lipinski definition) is 0. The van der Waals surface area contributed by atoms with E-state index in [2.05, 4.69) is 0 Å². The lowest BCUT2D eigenvalue weighted by Gasteiger charge is -2.17. The van der Waals surface area contributed by atoms with Gasteiger partial charge in [-0.3, -0.25) is 10.1 Å². The summed E-state index contributed by atoms with van der Waals surface area (Å²) in [7, 11) is 3.62. The van der Waals surface area contributed by atoms with Crippen molar-refractivity contribution in [1.29, 1.82) is 0 Å². The van der Waals surface area contributed by atoms with Crippen molar-refractivity contribution < 1.29 is 14.5 Å². The Morgan fingerprint density at radius 3 is 2.45 bits per heavy atom. The minimum atomic E-state index is -0.471. The summed E-state index contributed by atoms with van der Waals surface area (Å²) >= 11 is 0. The number of hydrogen-bond acceptors (Lipinski definition) is 5. The zero-order chi connectivity index (χ0) is 16.7. The highest BCUT2D eigenvalue weighted by atomic mass is 16.6. The molecule has 120 valence electrons. The number of nitro groups is 1. The maximum atomic E-state index is 11.9. The van der Waals surface area contributed by atoms with Crippen LogP contribution in [0, 0.1) is 10.1 Å². The van der Waals surface area contributed by atoms with Crippen LogP contribution < -0.4 is 4.74 Å². The Morgan fingerprint density at radius 2 is 1.95 bits per heavy atom. The molecular weight excluding hydrogens is 286 g/mol. The van der Waals surface area contributed by atoms with E-state index in [1.807, 2.05) is 27.9 Å². The van der Waals surface area contributed by atoms with Crippen LogP contribution in [0.5, 0.6) is 5.75 Å². The van der Waals surface area contributed by atoms with Crippen LogP contribution in [0.15, 0.2) is 24.4 Å². The van der Waals surface area contributed by atoms with Crippen molar-refractivity contribution in [3.63, 3.8) is 0 Å². The van der Waals surface area contributed by atoms with Gasteiger partial charge in [-0.1, -0.05) is 0 Å². The Hall–Kier alpha value is -2.57. The largest absolute Gasteiger partial charge is 0.415 e. The lowest BCUT2D eigenvalue weighted by atomic mass is 10.1. The molecule has 0 aliphatic carbocycles. The van der Waals surface area contributed by atoms with Gasteiger partial charge in [0.2, 0.25) is 0 Å². The fourth-order valence-corrected chi connectivity index (χ4v) is 1.77. The zero-order valence-electron chi connectivity index (χ0n) is 13.3. The van der Waals surface area contributed by atoms with Crippen LogP contribution in [0.4, 0.5) is 10.5 Å². The molecule has 0 aromatic heterocycles. The number of amides is 1. The van der Waals surface area contributed by atoms with Gasteiger partial charge in [0.25, 0.3) is 5.69 Å². The average molecular weight is 307 g/mol. The van der Waals surface area contributed by atoms with Crippen LogP contribution >= 0.6 is 0 Å². The summed E-state index contributed by atoms with van der Waals surface area (Å²) < 4.78 is 5.26. The van der Waals surface area contributed by atoms with Crippen molar-refractivity contribution in [3.05, 3.63) is 40.1 Å². The van der Waals surface area contributed by atoms with Crippen LogP contribution in [0.2, 0.25) is 0 Å². The third kappa shape index (κ3) is 4.76. The molecule has 0 aliphatic heterocycles. The molecule has 1 aromatic carbocycles. The van der Waals surface area contributed by atoms with Crippen molar-refractivity contribution in [3.8, 4) is 5.75 Å². The third-order valence-corrected chi connectivity index (χ3v) is 2.97. The van der Waals surface area contributed by atoms with Gasteiger partial charge in [-0.05, 0) is 38.3 Å². The fourth-order valence-electron chi connectivity index (χ4n) is 1.77. The second kappa shape index (κ2) is 8.02. The molecule has 1 aromatic rings. The fraction of sp³-hybridized carbons (Fsp3) is 0.400. The normalized spacial score (nSPS) is 10.5. The molecule has 0 radical (unpaired) electrons. The van der Waals surface area contributed by atoms with E-state index in [0.29, 0.717) is 18.7 Å². The first-order chi connectivity index (χ1) is 10.4. The molecule has 22 heavy (non-hydrogen) atoms. The summed E-state index contributed by atoms with van der Waals surface area (Å²) in [6.45, 7) is 4.78. The van der Waals surface area contributed by atoms with E-state index >= 15 is 0 Å². The van der Waals surface area contributed by atoms with E-state index in [0.717, 1.165) is 0 Å². The number of nitrogens with zero attached hydrogens (tertiary/aromatic N) is 3. The number of nitro benzene ring substituents is 1. The summed E-state index contributed by atoms with van der Waals surface area (Å²) in [6.07, 6.45) is 2.83. The first kappa shape index (κ1) is 17.5. The lowest BCUT2D eigenvalue weighted by Crippen LogP contribution is -2.33. The van der Waals surface area contributed by atoms with Gasteiger partial charge in [-0.2, -0.15) is 0 Å². The first-order valence-corrected chi connectivity index (χ1v) is 6.98. The van der Waals surface area contributed by atoms with E-state index in [9.17, 15) is 14.9 Å². The highest BCUT2D eigenvalue weighted by molar-refractivity contribution is 5.72. The molecule has 0 N–H and O–H groups in total. The molecule has 0 saturated heterocycles. The molecule has 0 bridgehead atoms. The molecule has 0 aliphatic rings. The number of carbonyl (C=O) groups excluding carboxylic acids is 1. The standard InChI is InChI=1S/C15H21N3O4/c1-5-17(6-2)15(19)22-13-7-8-14(18(20)21)12(11-13)9-10-16(3)4/h7-11H,5-6H2,1-4H3/b10-9-. The SMILES string of the molecule is CCN(CC)C(=O)Oc1ccc([N+](=O)[O-])c(/C=C\N(C)C)c1. The van der Waals surface area contributed by atoms with E-state index in [1.54, 1.807) is 17.2 Å². The Balaban J connectivity index is 3.06. The van der Waals surface area contributed by atoms with Crippen LogP contribution in [0.25, 0.3) is 6.08 Å². The monoisotopic (exact) mass is 307 g/mol. The molecule has 7 nitrogen and oxygen atoms in total. The zero-order valence-corrected chi connectivity index (χ0v) is 13.3. The van der Waals surface area contributed by atoms with E-state index in [-0.39, 0.29) is 11.4 Å². The Morgan fingerprint density at radius 1 is 1.32 bits per heavy atom. The minimum absolute atomic E-state index is 0.0410. The summed E-state index contributed by atoms with van der Waals surface area (Å²) in [5.74, 6) is 0.279. The molecule has 0 heterocycles. The molecule has 0 unspecified atom stereocenters. The highest BCUT2D eigenvalue weighted by Crippen LogP contribution is 2.25. The van der Waals surface area contributed by atoms with Crippen molar-refractivity contribution in [2.45, 2.75) is 13.8 Å². The number of benzene rings is 1. The summed E-state index contributed by atoms with van der Waals surface area (Å²) in [5, 5.41) is 11.0. The van der Waals surface area contributed by atoms with Crippen LogP contribution in [-0.4, -0.2) is 48.0 Å². The summed E-state index contributed by atoms with van der Waals surface area (Å²) in [6, 6.07) is 4.24. The molecular formula is C15H21N3O4. The average Bonchev–Trinajstić information content (AvgIpc) is 2.46. The Kier molecular flexibility index (Phi) is 6.37. The lowest BCUT2D eigenvalue weighted by molar-refractivity contribution is -0.385. The number of carbonyl (C=O) groups is 1. The van der Waals surface area contributed by atoms with Gasteiger partial charge in [0.15, 0.2) is 0 Å². The van der Waals surface area contributed by atoms with E-state index in [1.165, 1.54) is 23.1 Å². The maximum Gasteiger partial charge on any atom is 0.415 e. The van der Waals surface area contributed by atoms with Gasteiger partial charge < -0.3 is 14.5 Å².